The molecule has 0 aliphatic carbocycles. The minimum absolute atomic E-state index is 0.0469. The molecule has 6 nitrogen and oxygen atoms in total. The number of rotatable bonds is 4. The van der Waals surface area contributed by atoms with Crippen LogP contribution in [-0.4, -0.2) is 38.2 Å². The van der Waals surface area contributed by atoms with Crippen LogP contribution < -0.4 is 4.72 Å². The number of nitrogens with one attached hydrogen (secondary N) is 1. The van der Waals surface area contributed by atoms with Crippen molar-refractivity contribution in [2.45, 2.75) is 23.8 Å². The fourth-order valence-corrected chi connectivity index (χ4v) is 3.33. The summed E-state index contributed by atoms with van der Waals surface area (Å²) >= 11 is 0. The molecular weight excluding hydrogens is 270 g/mol. The molecule has 1 saturated heterocycles. The standard InChI is InChI=1S/C12H15NO5S/c1-12(6-7-18-8-12)13-19(16,17)10-4-2-9(3-5-10)11(14)15/h2-5,13H,6-8H2,1H3,(H,14,15). The van der Waals surface area contributed by atoms with E-state index in [0.29, 0.717) is 19.6 Å². The molecule has 0 amide bonds. The lowest BCUT2D eigenvalue weighted by atomic mass is 10.0. The van der Waals surface area contributed by atoms with E-state index >= 15 is 0 Å². The van der Waals surface area contributed by atoms with Gasteiger partial charge in [0.05, 0.1) is 22.6 Å². The Morgan fingerprint density at radius 1 is 1.37 bits per heavy atom. The first-order chi connectivity index (χ1) is 8.82. The van der Waals surface area contributed by atoms with E-state index in [0.717, 1.165) is 0 Å². The Bertz CT molecular complexity index is 573. The first-order valence-electron chi connectivity index (χ1n) is 5.78. The Hall–Kier alpha value is -1.44. The Morgan fingerprint density at radius 3 is 2.47 bits per heavy atom. The van der Waals surface area contributed by atoms with Crippen LogP contribution in [0.1, 0.15) is 23.7 Å². The number of aromatic carboxylic acids is 1. The van der Waals surface area contributed by atoms with Gasteiger partial charge in [-0.3, -0.25) is 0 Å². The fourth-order valence-electron chi connectivity index (χ4n) is 1.91. The smallest absolute Gasteiger partial charge is 0.335 e. The van der Waals surface area contributed by atoms with E-state index in [-0.39, 0.29) is 10.5 Å². The molecule has 0 bridgehead atoms. The van der Waals surface area contributed by atoms with Crippen molar-refractivity contribution in [3.63, 3.8) is 0 Å². The lowest BCUT2D eigenvalue weighted by molar-refractivity contribution is 0.0696. The number of ether oxygens (including phenoxy) is 1. The quantitative estimate of drug-likeness (QED) is 0.855. The summed E-state index contributed by atoms with van der Waals surface area (Å²) in [6.07, 6.45) is 0.611. The molecule has 1 aromatic carbocycles. The van der Waals surface area contributed by atoms with E-state index in [1.807, 2.05) is 0 Å². The van der Waals surface area contributed by atoms with Crippen LogP contribution in [0.2, 0.25) is 0 Å². The molecule has 7 heteroatoms. The third-order valence-electron chi connectivity index (χ3n) is 3.01. The van der Waals surface area contributed by atoms with Crippen LogP contribution in [0.15, 0.2) is 29.2 Å². The summed E-state index contributed by atoms with van der Waals surface area (Å²) in [6, 6.07) is 5.10. The zero-order valence-corrected chi connectivity index (χ0v) is 11.2. The molecule has 0 radical (unpaired) electrons. The third kappa shape index (κ3) is 3.12. The van der Waals surface area contributed by atoms with Gasteiger partial charge >= 0.3 is 5.97 Å². The summed E-state index contributed by atoms with van der Waals surface area (Å²) in [6.45, 7) is 2.64. The van der Waals surface area contributed by atoms with Gasteiger partial charge in [-0.25, -0.2) is 17.9 Å². The summed E-state index contributed by atoms with van der Waals surface area (Å²) in [7, 11) is -3.67. The maximum absolute atomic E-state index is 12.2. The number of carbonyl (C=O) groups is 1. The van der Waals surface area contributed by atoms with Gasteiger partial charge < -0.3 is 9.84 Å². The van der Waals surface area contributed by atoms with Crippen molar-refractivity contribution in [2.75, 3.05) is 13.2 Å². The van der Waals surface area contributed by atoms with Crippen LogP contribution in [-0.2, 0) is 14.8 Å². The molecule has 1 fully saturated rings. The molecular formula is C12H15NO5S. The minimum Gasteiger partial charge on any atom is -0.478 e. The third-order valence-corrected chi connectivity index (χ3v) is 4.67. The van der Waals surface area contributed by atoms with Gasteiger partial charge in [-0.2, -0.15) is 0 Å². The average Bonchev–Trinajstić information content (AvgIpc) is 2.75. The lowest BCUT2D eigenvalue weighted by Crippen LogP contribution is -2.46. The Morgan fingerprint density at radius 2 is 2.00 bits per heavy atom. The molecule has 0 saturated carbocycles. The monoisotopic (exact) mass is 285 g/mol. The molecule has 0 spiro atoms. The molecule has 19 heavy (non-hydrogen) atoms. The molecule has 2 rings (SSSR count). The second kappa shape index (κ2) is 4.92. The largest absolute Gasteiger partial charge is 0.478 e. The highest BCUT2D eigenvalue weighted by Gasteiger charge is 2.34. The number of hydrogen-bond donors (Lipinski definition) is 2. The van der Waals surface area contributed by atoms with E-state index < -0.39 is 21.5 Å². The maximum Gasteiger partial charge on any atom is 0.335 e. The van der Waals surface area contributed by atoms with Crippen molar-refractivity contribution in [3.05, 3.63) is 29.8 Å². The van der Waals surface area contributed by atoms with Crippen molar-refractivity contribution in [1.82, 2.24) is 4.72 Å². The molecule has 1 aliphatic rings. The Labute approximate surface area is 111 Å². The van der Waals surface area contributed by atoms with Crippen molar-refractivity contribution in [2.24, 2.45) is 0 Å². The summed E-state index contributed by atoms with van der Waals surface area (Å²) < 4.78 is 32.1. The van der Waals surface area contributed by atoms with Crippen LogP contribution in [0.25, 0.3) is 0 Å². The first kappa shape index (κ1) is 14.0. The van der Waals surface area contributed by atoms with Gasteiger partial charge in [0.1, 0.15) is 0 Å². The first-order valence-corrected chi connectivity index (χ1v) is 7.26. The second-order valence-corrected chi connectivity index (χ2v) is 6.48. The van der Waals surface area contributed by atoms with Crippen molar-refractivity contribution in [3.8, 4) is 0 Å². The van der Waals surface area contributed by atoms with Crippen LogP contribution in [0.4, 0.5) is 0 Å². The predicted octanol–water partition coefficient (Wildman–Crippen LogP) is 0.842. The van der Waals surface area contributed by atoms with Crippen molar-refractivity contribution >= 4 is 16.0 Å². The highest BCUT2D eigenvalue weighted by atomic mass is 32.2. The molecule has 0 aromatic heterocycles. The van der Waals surface area contributed by atoms with Crippen LogP contribution in [0.3, 0.4) is 0 Å². The molecule has 1 unspecified atom stereocenters. The molecule has 1 aliphatic heterocycles. The van der Waals surface area contributed by atoms with Gasteiger partial charge in [0.15, 0.2) is 0 Å². The van der Waals surface area contributed by atoms with E-state index in [1.54, 1.807) is 6.92 Å². The summed E-state index contributed by atoms with van der Waals surface area (Å²) in [4.78, 5) is 10.8. The number of benzene rings is 1. The molecule has 1 aromatic rings. The van der Waals surface area contributed by atoms with Crippen LogP contribution in [0.5, 0.6) is 0 Å². The fraction of sp³-hybridized carbons (Fsp3) is 0.417. The van der Waals surface area contributed by atoms with E-state index in [2.05, 4.69) is 4.72 Å². The molecule has 1 atom stereocenters. The molecule has 104 valence electrons. The van der Waals surface area contributed by atoms with Crippen molar-refractivity contribution < 1.29 is 23.1 Å². The van der Waals surface area contributed by atoms with Crippen molar-refractivity contribution in [1.29, 1.82) is 0 Å². The van der Waals surface area contributed by atoms with Gasteiger partial charge in [0.2, 0.25) is 10.0 Å². The van der Waals surface area contributed by atoms with E-state index in [9.17, 15) is 13.2 Å². The van der Waals surface area contributed by atoms with Gasteiger partial charge in [0.25, 0.3) is 0 Å². The van der Waals surface area contributed by atoms with Gasteiger partial charge in [-0.05, 0) is 37.6 Å². The van der Waals surface area contributed by atoms with Crippen LogP contribution in [0, 0.1) is 0 Å². The normalized spacial score (nSPS) is 23.4. The average molecular weight is 285 g/mol. The highest BCUT2D eigenvalue weighted by molar-refractivity contribution is 7.89. The number of carboxylic acid groups (broad SMARTS) is 1. The zero-order chi connectivity index (χ0) is 14.1. The SMILES string of the molecule is CC1(NS(=O)(=O)c2ccc(C(=O)O)cc2)CCOC1. The maximum atomic E-state index is 12.2. The summed E-state index contributed by atoms with van der Waals surface area (Å²) in [5.74, 6) is -1.09. The number of hydrogen-bond acceptors (Lipinski definition) is 4. The minimum atomic E-state index is -3.67. The second-order valence-electron chi connectivity index (χ2n) is 4.80. The number of carboxylic acids is 1. The molecule has 1 heterocycles. The van der Waals surface area contributed by atoms with Gasteiger partial charge in [-0.15, -0.1) is 0 Å². The Kier molecular flexibility index (Phi) is 3.62. The lowest BCUT2D eigenvalue weighted by Gasteiger charge is -2.23. The summed E-state index contributed by atoms with van der Waals surface area (Å²) in [5.41, 5.74) is -0.557. The van der Waals surface area contributed by atoms with Gasteiger partial charge in [-0.1, -0.05) is 0 Å². The highest BCUT2D eigenvalue weighted by Crippen LogP contribution is 2.21. The van der Waals surface area contributed by atoms with E-state index in [1.165, 1.54) is 24.3 Å². The Balaban J connectivity index is 2.22. The number of sulfonamides is 1. The van der Waals surface area contributed by atoms with Crippen LogP contribution >= 0.6 is 0 Å². The van der Waals surface area contributed by atoms with Gasteiger partial charge in [0, 0.05) is 6.61 Å². The molecule has 2 N–H and O–H groups in total. The van der Waals surface area contributed by atoms with E-state index in [4.69, 9.17) is 9.84 Å². The zero-order valence-electron chi connectivity index (χ0n) is 10.4. The topological polar surface area (TPSA) is 92.7 Å². The summed E-state index contributed by atoms with van der Waals surface area (Å²) in [5, 5.41) is 8.77. The predicted molar refractivity (Wildman–Crippen MR) is 67.6 cm³/mol.